The van der Waals surface area contributed by atoms with Crippen molar-refractivity contribution in [2.45, 2.75) is 12.6 Å². The van der Waals surface area contributed by atoms with E-state index in [0.29, 0.717) is 0 Å². The molecule has 1 heterocycles. The lowest BCUT2D eigenvalue weighted by Gasteiger charge is -2.08. The highest BCUT2D eigenvalue weighted by atomic mass is 16.3. The van der Waals surface area contributed by atoms with Gasteiger partial charge in [0, 0.05) is 19.4 Å². The second-order valence-corrected chi connectivity index (χ2v) is 2.34. The van der Waals surface area contributed by atoms with Gasteiger partial charge in [0.25, 0.3) is 0 Å². The second-order valence-electron chi connectivity index (χ2n) is 2.34. The van der Waals surface area contributed by atoms with E-state index in [9.17, 15) is 9.90 Å². The molecular weight excluding hydrogens is 158 g/mol. The minimum atomic E-state index is -0.875. The average Bonchev–Trinajstić information content (AvgIpc) is 2.56. The quantitative estimate of drug-likeness (QED) is 0.641. The number of hydrogen-bond donors (Lipinski definition) is 2. The van der Waals surface area contributed by atoms with Crippen molar-refractivity contribution >= 4 is 5.91 Å². The molecule has 0 fully saturated rings. The summed E-state index contributed by atoms with van der Waals surface area (Å²) in [7, 11) is 1.53. The van der Waals surface area contributed by atoms with E-state index in [1.807, 2.05) is 0 Å². The number of carbonyl (C=O) groups excluding carboxylic acids is 1. The largest absolute Gasteiger partial charge is 0.371 e. The number of aliphatic hydroxyl groups excluding tert-OH is 1. The van der Waals surface area contributed by atoms with Crippen molar-refractivity contribution in [2.75, 3.05) is 7.05 Å². The summed E-state index contributed by atoms with van der Waals surface area (Å²) in [6.07, 6.45) is 2.30. The van der Waals surface area contributed by atoms with Gasteiger partial charge in [-0.2, -0.15) is 5.10 Å². The molecule has 0 saturated heterocycles. The molecule has 1 aromatic heterocycles. The number of nitrogens with zero attached hydrogens (tertiary/aromatic N) is 2. The van der Waals surface area contributed by atoms with Crippen LogP contribution in [-0.4, -0.2) is 27.8 Å². The van der Waals surface area contributed by atoms with Crippen molar-refractivity contribution in [1.82, 2.24) is 15.1 Å². The zero-order valence-corrected chi connectivity index (χ0v) is 6.77. The second kappa shape index (κ2) is 3.87. The van der Waals surface area contributed by atoms with E-state index in [-0.39, 0.29) is 12.3 Å². The third-order valence-corrected chi connectivity index (χ3v) is 1.48. The first-order valence-corrected chi connectivity index (χ1v) is 3.62. The third kappa shape index (κ3) is 2.06. The van der Waals surface area contributed by atoms with Crippen LogP contribution in [0.1, 0.15) is 12.6 Å². The van der Waals surface area contributed by atoms with Gasteiger partial charge in [-0.25, -0.2) is 4.68 Å². The van der Waals surface area contributed by atoms with E-state index in [1.54, 1.807) is 18.5 Å². The highest BCUT2D eigenvalue weighted by Crippen LogP contribution is 2.04. The van der Waals surface area contributed by atoms with Crippen LogP contribution in [0.25, 0.3) is 0 Å². The van der Waals surface area contributed by atoms with Gasteiger partial charge in [0.15, 0.2) is 6.23 Å². The Labute approximate surface area is 70.0 Å². The molecule has 0 spiro atoms. The van der Waals surface area contributed by atoms with Crippen molar-refractivity contribution in [3.63, 3.8) is 0 Å². The lowest BCUT2D eigenvalue weighted by atomic mass is 10.3. The standard InChI is InChI=1S/C7H11N3O2/c1-8-6(11)5-7(12)10-4-2-3-9-10/h2-4,7,12H,5H2,1H3,(H,8,11). The molecule has 66 valence electrons. The summed E-state index contributed by atoms with van der Waals surface area (Å²) in [5, 5.41) is 15.6. The van der Waals surface area contributed by atoms with Gasteiger partial charge in [0.05, 0.1) is 6.42 Å². The smallest absolute Gasteiger partial charge is 0.224 e. The summed E-state index contributed by atoms with van der Waals surface area (Å²) in [6.45, 7) is 0. The van der Waals surface area contributed by atoms with Gasteiger partial charge >= 0.3 is 0 Å². The van der Waals surface area contributed by atoms with Gasteiger partial charge in [-0.05, 0) is 6.07 Å². The summed E-state index contributed by atoms with van der Waals surface area (Å²) >= 11 is 0. The summed E-state index contributed by atoms with van der Waals surface area (Å²) in [5.74, 6) is -0.210. The Balaban J connectivity index is 2.49. The zero-order valence-electron chi connectivity index (χ0n) is 6.77. The van der Waals surface area contributed by atoms with Crippen LogP contribution < -0.4 is 5.32 Å². The van der Waals surface area contributed by atoms with Gasteiger partial charge in [-0.1, -0.05) is 0 Å². The maximum atomic E-state index is 10.8. The van der Waals surface area contributed by atoms with Gasteiger partial charge in [0.1, 0.15) is 0 Å². The van der Waals surface area contributed by atoms with Crippen molar-refractivity contribution < 1.29 is 9.90 Å². The molecule has 2 N–H and O–H groups in total. The lowest BCUT2D eigenvalue weighted by Crippen LogP contribution is -2.23. The Kier molecular flexibility index (Phi) is 2.82. The first kappa shape index (κ1) is 8.73. The van der Waals surface area contributed by atoms with Crippen molar-refractivity contribution in [1.29, 1.82) is 0 Å². The Morgan fingerprint density at radius 1 is 1.83 bits per heavy atom. The van der Waals surface area contributed by atoms with E-state index >= 15 is 0 Å². The molecule has 5 heteroatoms. The van der Waals surface area contributed by atoms with Gasteiger partial charge in [-0.15, -0.1) is 0 Å². The van der Waals surface area contributed by atoms with Crippen LogP contribution in [0.15, 0.2) is 18.5 Å². The number of rotatable bonds is 3. The van der Waals surface area contributed by atoms with Crippen molar-refractivity contribution in [3.05, 3.63) is 18.5 Å². The van der Waals surface area contributed by atoms with Crippen LogP contribution in [-0.2, 0) is 4.79 Å². The molecule has 1 aromatic rings. The summed E-state index contributed by atoms with van der Waals surface area (Å²) < 4.78 is 1.33. The third-order valence-electron chi connectivity index (χ3n) is 1.48. The molecule has 0 aliphatic rings. The normalized spacial score (nSPS) is 12.5. The minimum Gasteiger partial charge on any atom is -0.371 e. The Bertz CT molecular complexity index is 245. The summed E-state index contributed by atoms with van der Waals surface area (Å²) in [5.41, 5.74) is 0. The van der Waals surface area contributed by atoms with E-state index in [2.05, 4.69) is 10.4 Å². The molecule has 0 aromatic carbocycles. The minimum absolute atomic E-state index is 0.0260. The van der Waals surface area contributed by atoms with E-state index < -0.39 is 6.23 Å². The molecule has 0 aliphatic carbocycles. The maximum Gasteiger partial charge on any atom is 0.224 e. The van der Waals surface area contributed by atoms with E-state index in [1.165, 1.54) is 11.7 Å². The first-order valence-electron chi connectivity index (χ1n) is 3.62. The van der Waals surface area contributed by atoms with E-state index in [4.69, 9.17) is 0 Å². The van der Waals surface area contributed by atoms with Gasteiger partial charge in [0.2, 0.25) is 5.91 Å². The van der Waals surface area contributed by atoms with Gasteiger partial charge < -0.3 is 10.4 Å². The predicted molar refractivity (Wildman–Crippen MR) is 42.2 cm³/mol. The molecule has 0 radical (unpaired) electrons. The fraction of sp³-hybridized carbons (Fsp3) is 0.429. The van der Waals surface area contributed by atoms with Crippen LogP contribution >= 0.6 is 0 Å². The monoisotopic (exact) mass is 169 g/mol. The van der Waals surface area contributed by atoms with Crippen molar-refractivity contribution in [2.24, 2.45) is 0 Å². The SMILES string of the molecule is CNC(=O)CC(O)n1cccn1. The van der Waals surface area contributed by atoms with E-state index in [0.717, 1.165) is 0 Å². The maximum absolute atomic E-state index is 10.8. The topological polar surface area (TPSA) is 67.2 Å². The predicted octanol–water partition coefficient (Wildman–Crippen LogP) is -0.490. The number of carbonyl (C=O) groups is 1. The molecular formula is C7H11N3O2. The Morgan fingerprint density at radius 2 is 2.58 bits per heavy atom. The van der Waals surface area contributed by atoms with Crippen LogP contribution in [0.2, 0.25) is 0 Å². The summed E-state index contributed by atoms with van der Waals surface area (Å²) in [6, 6.07) is 1.69. The fourth-order valence-corrected chi connectivity index (χ4v) is 0.818. The van der Waals surface area contributed by atoms with Crippen molar-refractivity contribution in [3.8, 4) is 0 Å². The van der Waals surface area contributed by atoms with Crippen LogP contribution in [0.3, 0.4) is 0 Å². The molecule has 0 aliphatic heterocycles. The fourth-order valence-electron chi connectivity index (χ4n) is 0.818. The summed E-state index contributed by atoms with van der Waals surface area (Å²) in [4.78, 5) is 10.8. The van der Waals surface area contributed by atoms with Gasteiger partial charge in [-0.3, -0.25) is 4.79 Å². The molecule has 1 unspecified atom stereocenters. The molecule has 12 heavy (non-hydrogen) atoms. The Morgan fingerprint density at radius 3 is 3.08 bits per heavy atom. The molecule has 5 nitrogen and oxygen atoms in total. The first-order chi connectivity index (χ1) is 5.74. The zero-order chi connectivity index (χ0) is 8.97. The number of aliphatic hydroxyl groups is 1. The van der Waals surface area contributed by atoms with Crippen LogP contribution in [0.5, 0.6) is 0 Å². The lowest BCUT2D eigenvalue weighted by molar-refractivity contribution is -0.123. The molecule has 0 saturated carbocycles. The molecule has 0 bridgehead atoms. The average molecular weight is 169 g/mol. The highest BCUT2D eigenvalue weighted by Gasteiger charge is 2.10. The number of aromatic nitrogens is 2. The van der Waals surface area contributed by atoms with Crippen LogP contribution in [0, 0.1) is 0 Å². The number of amides is 1. The number of nitrogens with one attached hydrogen (secondary N) is 1. The number of hydrogen-bond acceptors (Lipinski definition) is 3. The molecule has 1 amide bonds. The molecule has 1 rings (SSSR count). The highest BCUT2D eigenvalue weighted by molar-refractivity contribution is 5.75. The molecule has 1 atom stereocenters. The Hall–Kier alpha value is -1.36. The van der Waals surface area contributed by atoms with Crippen LogP contribution in [0.4, 0.5) is 0 Å².